The maximum absolute atomic E-state index is 8.25. The van der Waals surface area contributed by atoms with Crippen LogP contribution in [-0.2, 0) is 66.7 Å². The molecule has 21 aromatic rings. The molecule has 0 spiro atoms. The Morgan fingerprint density at radius 2 is 0.606 bits per heavy atom. The summed E-state index contributed by atoms with van der Waals surface area (Å²) in [5, 5.41) is 3.77. The summed E-state index contributed by atoms with van der Waals surface area (Å²) in [6.45, 7) is -20.6. The minimum atomic E-state index is -2.55. The van der Waals surface area contributed by atoms with Crippen molar-refractivity contribution in [1.82, 2.24) is 44.9 Å². The molecular weight excluding hydrogens is 2220 g/mol. The van der Waals surface area contributed by atoms with Gasteiger partial charge in [-0.15, -0.1) is 161 Å². The first-order valence-electron chi connectivity index (χ1n) is 63.7. The fourth-order valence-electron chi connectivity index (χ4n) is 14.6. The third-order valence-corrected chi connectivity index (χ3v) is 21.2. The standard InChI is InChI=1S/3C26H21N2O.C17H20N.C14H14N.C13H12N.3Ir/c3*1-15-8-10-19(16(2)12-15)23-13-24(27-14-17(23)3)22-7-5-6-20-21-11-9-18(4)28-26(21)29-25(20)22;1-13-5-8-15(9-6-13)16-10-7-14(12-18-16)11-17(2,3)4;1-10-4-6-13(7-5-10)14-8-11(2)12(3)9-15-14;1-10-3-6-12(7-4-10)13-8-5-11(2)9-14-13;;;/h3*5-6,8-14H,1-4H3;5-8,10,12H,11H2,1-4H3;4-6,8-9H,1-3H3;3-6,8-9H,1-2H3;;;/q6*-1;;;/i3*2D3,3D3,4D3;1D3,11D2;1D3,3D3;1D3,2D3;;;. The van der Waals surface area contributed by atoms with Gasteiger partial charge in [0.15, 0.2) is 0 Å². The van der Waals surface area contributed by atoms with Crippen molar-refractivity contribution in [3.8, 4) is 101 Å². The molecule has 137 heavy (non-hydrogen) atoms. The van der Waals surface area contributed by atoms with Crippen molar-refractivity contribution in [2.24, 2.45) is 5.41 Å². The molecule has 3 radical (unpaired) electrons. The van der Waals surface area contributed by atoms with Crippen LogP contribution in [0.15, 0.2) is 281 Å². The van der Waals surface area contributed by atoms with E-state index in [1.165, 1.54) is 128 Å². The van der Waals surface area contributed by atoms with Gasteiger partial charge in [0.05, 0.1) is 16.7 Å². The van der Waals surface area contributed by atoms with Crippen molar-refractivity contribution in [1.29, 1.82) is 0 Å². The van der Waals surface area contributed by atoms with Crippen molar-refractivity contribution in [2.75, 3.05) is 0 Å². The van der Waals surface area contributed by atoms with E-state index in [1.54, 1.807) is 167 Å². The summed E-state index contributed by atoms with van der Waals surface area (Å²) >= 11 is 0. The third kappa shape index (κ3) is 23.9. The molecule has 0 saturated carbocycles. The van der Waals surface area contributed by atoms with Crippen molar-refractivity contribution in [3.05, 3.63) is 410 Å². The van der Waals surface area contributed by atoms with Crippen molar-refractivity contribution < 1.29 is 134 Å². The van der Waals surface area contributed by atoms with E-state index in [1.807, 2.05) is 20.8 Å². The normalized spacial score (nSPS) is 17.1. The first kappa shape index (κ1) is 57.7. The zero-order chi connectivity index (χ0) is 131. The van der Waals surface area contributed by atoms with Gasteiger partial charge in [0.2, 0.25) is 17.1 Å². The molecule has 0 N–H and O–H groups in total. The van der Waals surface area contributed by atoms with Gasteiger partial charge in [-0.25, -0.2) is 15.0 Å². The quantitative estimate of drug-likeness (QED) is 0.120. The molecule has 0 saturated heterocycles. The number of fused-ring (bicyclic) bond motifs is 9. The van der Waals surface area contributed by atoms with E-state index < -0.39 is 108 Å². The second-order valence-electron chi connectivity index (χ2n) is 32.3. The number of nitrogens with zero attached hydrogens (tertiary/aromatic N) is 9. The first-order chi connectivity index (χ1) is 82.1. The summed E-state index contributed by atoms with van der Waals surface area (Å²) in [7, 11) is 0. The molecular formula is C122H109Ir3N9O3-6. The van der Waals surface area contributed by atoms with Crippen LogP contribution in [-0.4, -0.2) is 44.9 Å². The van der Waals surface area contributed by atoms with Gasteiger partial charge in [-0.3, -0.25) is 0 Å². The molecule has 0 aliphatic heterocycles. The van der Waals surface area contributed by atoms with Gasteiger partial charge in [-0.2, -0.15) is 0 Å². The van der Waals surface area contributed by atoms with Crippen molar-refractivity contribution >= 4 is 66.2 Å². The van der Waals surface area contributed by atoms with Crippen LogP contribution < -0.4 is 0 Å². The molecule has 9 aromatic carbocycles. The zero-order valence-electron chi connectivity index (χ0n) is 118. The molecule has 0 atom stereocenters. The Morgan fingerprint density at radius 3 is 0.920 bits per heavy atom. The molecule has 0 fully saturated rings. The smallest absolute Gasteiger partial charge is 0.216 e. The van der Waals surface area contributed by atoms with E-state index in [9.17, 15) is 0 Å². The maximum Gasteiger partial charge on any atom is 0.216 e. The van der Waals surface area contributed by atoms with Gasteiger partial charge >= 0.3 is 0 Å². The molecule has 0 amide bonds. The molecule has 21 rings (SSSR count). The predicted molar refractivity (Wildman–Crippen MR) is 551 cm³/mol. The van der Waals surface area contributed by atoms with E-state index >= 15 is 0 Å². The number of hydrogen-bond acceptors (Lipinski definition) is 12. The summed E-state index contributed by atoms with van der Waals surface area (Å²) in [5.74, 6) is 0. The SMILES string of the molecule is [2H]C([2H])([2H])c1c[c-]c(-c2cc(C)c(C([2H])([2H])[2H])cn2)cc1.[2H]C([2H])([2H])c1c[c-]c(-c2ccc(C([2H])([2H])C(C)(C)C)cn2)cc1.[2H]C([2H])([2H])c1c[c-]c(-c2ccc(C([2H])([2H])[2H])cn2)cc1.[2H]C([2H])([2H])c1ccc2c(n1)oc1c(-c3cc(-c4ccc(C)cc4C([2H])([2H])[2H])c(C([2H])([2H])[2H])cn3)[c-]ccc12.[2H]C([2H])([2H])c1ccc2c(n1)oc1c(-c3cc(-c4ccc(C)cc4C([2H])([2H])[2H])c(C([2H])([2H])[2H])cn3)[c-]ccc12.[2H]C([2H])([2H])c1ccc2c(n1)oc1c(-c3cc(-c4ccc(C)cc4C([2H])([2H])[2H])c(C([2H])([2H])[2H])cn3)[c-]ccc12.[Ir].[Ir].[Ir]. The van der Waals surface area contributed by atoms with Gasteiger partial charge in [0, 0.05) is 191 Å². The van der Waals surface area contributed by atoms with E-state index in [-0.39, 0.29) is 189 Å². The van der Waals surface area contributed by atoms with Crippen LogP contribution in [0.4, 0.5) is 0 Å². The largest absolute Gasteiger partial charge is 0.486 e. The van der Waals surface area contributed by atoms with Crippen LogP contribution >= 0.6 is 0 Å². The number of furan rings is 3. The maximum atomic E-state index is 8.25. The number of benzene rings is 9. The van der Waals surface area contributed by atoms with E-state index in [2.05, 4.69) is 81.3 Å². The summed E-state index contributed by atoms with van der Waals surface area (Å²) in [5.41, 5.74) is 12.1. The number of hydrogen-bond donors (Lipinski definition) is 0. The molecule has 693 valence electrons. The van der Waals surface area contributed by atoms with Crippen LogP contribution in [0, 0.1) is 165 Å². The summed E-state index contributed by atoms with van der Waals surface area (Å²) in [6, 6.07) is 78.4. The Kier molecular flexibility index (Phi) is 18.6. The van der Waals surface area contributed by atoms with Gasteiger partial charge in [0.25, 0.3) is 0 Å². The summed E-state index contributed by atoms with van der Waals surface area (Å²) in [4.78, 5) is 38.2. The Hall–Kier alpha value is -13.3. The molecule has 0 bridgehead atoms. The summed E-state index contributed by atoms with van der Waals surface area (Å²) < 4.78 is 358. The second kappa shape index (κ2) is 44.2. The Labute approximate surface area is 907 Å². The fourth-order valence-corrected chi connectivity index (χ4v) is 14.6. The molecule has 0 aliphatic carbocycles. The van der Waals surface area contributed by atoms with Crippen molar-refractivity contribution in [3.63, 3.8) is 0 Å². The monoisotopic (exact) mass is 2370 g/mol. The number of rotatable bonds is 10. The minimum absolute atomic E-state index is 0. The second-order valence-corrected chi connectivity index (χ2v) is 32.3. The molecule has 0 aliphatic rings. The van der Waals surface area contributed by atoms with Crippen LogP contribution in [0.1, 0.15) is 187 Å². The molecule has 12 aromatic heterocycles. The van der Waals surface area contributed by atoms with Crippen LogP contribution in [0.25, 0.3) is 167 Å². The first-order valence-corrected chi connectivity index (χ1v) is 41.7. The molecule has 0 unspecified atom stereocenters. The van der Waals surface area contributed by atoms with Gasteiger partial charge in [0.1, 0.15) is 0 Å². The van der Waals surface area contributed by atoms with E-state index in [0.717, 1.165) is 16.7 Å². The van der Waals surface area contributed by atoms with Gasteiger partial charge in [-0.1, -0.05) is 200 Å². The predicted octanol–water partition coefficient (Wildman–Crippen LogP) is 31.3. The molecule has 12 heterocycles. The number of aryl methyl sites for hydroxylation is 18. The zero-order valence-corrected chi connectivity index (χ0v) is 81.3. The van der Waals surface area contributed by atoms with Gasteiger partial charge in [-0.05, 0) is 269 Å². The van der Waals surface area contributed by atoms with Crippen molar-refractivity contribution in [2.45, 2.75) is 151 Å². The Bertz CT molecular complexity index is 9100. The average Bonchev–Trinajstić information content (AvgIpc) is 1.68. The topological polar surface area (TPSA) is 155 Å². The van der Waals surface area contributed by atoms with E-state index in [0.29, 0.717) is 128 Å². The average molecular weight is 2370 g/mol. The van der Waals surface area contributed by atoms with E-state index in [4.69, 9.17) is 73.6 Å². The van der Waals surface area contributed by atoms with Crippen LogP contribution in [0.5, 0.6) is 0 Å². The number of pyridine rings is 9. The Balaban J connectivity index is 0.000000179. The van der Waals surface area contributed by atoms with Crippen LogP contribution in [0.2, 0.25) is 0 Å². The Morgan fingerprint density at radius 1 is 0.270 bits per heavy atom. The van der Waals surface area contributed by atoms with Crippen LogP contribution in [0.3, 0.4) is 0 Å². The minimum Gasteiger partial charge on any atom is -0.486 e. The summed E-state index contributed by atoms with van der Waals surface area (Å²) in [6.07, 6.45) is 6.35. The number of aromatic nitrogens is 9. The molecule has 12 nitrogen and oxygen atoms in total. The fraction of sp³-hybridized carbons (Fsp3) is 0.189. The van der Waals surface area contributed by atoms with Gasteiger partial charge < -0.3 is 43.2 Å². The third-order valence-electron chi connectivity index (χ3n) is 21.2. The molecule has 15 heteroatoms.